The van der Waals surface area contributed by atoms with E-state index in [1.54, 1.807) is 0 Å². The molecule has 0 bridgehead atoms. The zero-order valence-electron chi connectivity index (χ0n) is 10.5. The number of alkyl halides is 1. The van der Waals surface area contributed by atoms with Gasteiger partial charge in [-0.05, 0) is 12.8 Å². The Morgan fingerprint density at radius 1 is 1.12 bits per heavy atom. The highest BCUT2D eigenvalue weighted by Gasteiger charge is 1.92. The van der Waals surface area contributed by atoms with Crippen LogP contribution >= 0.6 is 0 Å². The third kappa shape index (κ3) is 11.3. The molecule has 16 heavy (non-hydrogen) atoms. The van der Waals surface area contributed by atoms with E-state index < -0.39 is 0 Å². The van der Waals surface area contributed by atoms with Gasteiger partial charge in [0.15, 0.2) is 5.96 Å². The van der Waals surface area contributed by atoms with Crippen LogP contribution in [0, 0.1) is 0 Å². The summed E-state index contributed by atoms with van der Waals surface area (Å²) in [6.07, 6.45) is 8.07. The van der Waals surface area contributed by atoms with Crippen molar-refractivity contribution in [3.05, 3.63) is 0 Å². The molecular weight excluding hydrogens is 205 g/mol. The van der Waals surface area contributed by atoms with Crippen molar-refractivity contribution in [2.45, 2.75) is 51.9 Å². The van der Waals surface area contributed by atoms with Crippen LogP contribution in [0.1, 0.15) is 51.9 Å². The number of nitrogens with two attached hydrogens (primary N) is 1. The number of guanidine groups is 1. The molecule has 0 atom stereocenters. The van der Waals surface area contributed by atoms with Crippen LogP contribution in [0.2, 0.25) is 0 Å². The summed E-state index contributed by atoms with van der Waals surface area (Å²) in [4.78, 5) is 4.00. The standard InChI is InChI=1S/C12H26FN3/c1-2-3-4-5-6-7-10-15-12(14)16-11-8-9-13/h2-11H2,1H3,(H3,14,15,16). The number of hydrogen-bond acceptors (Lipinski definition) is 1. The third-order valence-electron chi connectivity index (χ3n) is 2.41. The van der Waals surface area contributed by atoms with E-state index in [2.05, 4.69) is 17.2 Å². The average molecular weight is 231 g/mol. The van der Waals surface area contributed by atoms with E-state index in [1.165, 1.54) is 32.1 Å². The number of nitrogens with zero attached hydrogens (tertiary/aromatic N) is 1. The van der Waals surface area contributed by atoms with Gasteiger partial charge in [0.2, 0.25) is 0 Å². The second kappa shape index (κ2) is 12.3. The molecule has 0 rings (SSSR count). The minimum absolute atomic E-state index is 0.325. The Hall–Kier alpha value is -0.800. The highest BCUT2D eigenvalue weighted by molar-refractivity contribution is 5.77. The maximum Gasteiger partial charge on any atom is 0.188 e. The fourth-order valence-corrected chi connectivity index (χ4v) is 1.44. The summed E-state index contributed by atoms with van der Waals surface area (Å²) in [6, 6.07) is 0. The number of hydrogen-bond donors (Lipinski definition) is 2. The van der Waals surface area contributed by atoms with Gasteiger partial charge in [-0.2, -0.15) is 0 Å². The van der Waals surface area contributed by atoms with Crippen molar-refractivity contribution in [2.75, 3.05) is 19.8 Å². The van der Waals surface area contributed by atoms with Crippen molar-refractivity contribution in [2.24, 2.45) is 10.7 Å². The molecule has 0 amide bonds. The highest BCUT2D eigenvalue weighted by Crippen LogP contribution is 2.03. The predicted molar refractivity (Wildman–Crippen MR) is 68.5 cm³/mol. The van der Waals surface area contributed by atoms with Gasteiger partial charge in [-0.25, -0.2) is 0 Å². The Labute approximate surface area is 98.7 Å². The van der Waals surface area contributed by atoms with Crippen LogP contribution in [0.25, 0.3) is 0 Å². The van der Waals surface area contributed by atoms with Crippen molar-refractivity contribution < 1.29 is 4.39 Å². The quantitative estimate of drug-likeness (QED) is 0.345. The SMILES string of the molecule is CCCCCCCCNC(N)=NCCCF. The summed E-state index contributed by atoms with van der Waals surface area (Å²) in [6.45, 7) is 3.24. The van der Waals surface area contributed by atoms with Gasteiger partial charge in [0.1, 0.15) is 0 Å². The largest absolute Gasteiger partial charge is 0.370 e. The summed E-state index contributed by atoms with van der Waals surface area (Å²) < 4.78 is 11.8. The first kappa shape index (κ1) is 15.2. The Morgan fingerprint density at radius 2 is 1.81 bits per heavy atom. The number of unbranched alkanes of at least 4 members (excludes halogenated alkanes) is 5. The van der Waals surface area contributed by atoms with Gasteiger partial charge in [-0.3, -0.25) is 9.38 Å². The molecule has 0 saturated heterocycles. The molecule has 0 aromatic heterocycles. The fraction of sp³-hybridized carbons (Fsp3) is 0.917. The summed E-state index contributed by atoms with van der Waals surface area (Å²) in [7, 11) is 0. The molecule has 0 aliphatic carbocycles. The molecule has 0 aliphatic heterocycles. The van der Waals surface area contributed by atoms with Gasteiger partial charge in [-0.15, -0.1) is 0 Å². The second-order valence-electron chi connectivity index (χ2n) is 4.00. The topological polar surface area (TPSA) is 50.4 Å². The van der Waals surface area contributed by atoms with Gasteiger partial charge >= 0.3 is 0 Å². The van der Waals surface area contributed by atoms with Crippen LogP contribution in [-0.2, 0) is 0 Å². The van der Waals surface area contributed by atoms with E-state index in [0.29, 0.717) is 18.9 Å². The summed E-state index contributed by atoms with van der Waals surface area (Å²) in [5.41, 5.74) is 5.59. The van der Waals surface area contributed by atoms with E-state index in [-0.39, 0.29) is 6.67 Å². The fourth-order valence-electron chi connectivity index (χ4n) is 1.44. The summed E-state index contributed by atoms with van der Waals surface area (Å²) in [5, 5.41) is 3.04. The molecule has 0 heterocycles. The Kier molecular flexibility index (Phi) is 11.7. The lowest BCUT2D eigenvalue weighted by Gasteiger charge is -2.05. The third-order valence-corrected chi connectivity index (χ3v) is 2.41. The van der Waals surface area contributed by atoms with Gasteiger partial charge in [0.25, 0.3) is 0 Å². The number of rotatable bonds is 10. The lowest BCUT2D eigenvalue weighted by Crippen LogP contribution is -2.32. The Balaban J connectivity index is 3.20. The monoisotopic (exact) mass is 231 g/mol. The van der Waals surface area contributed by atoms with Crippen molar-refractivity contribution in [1.82, 2.24) is 5.32 Å². The number of halogens is 1. The minimum Gasteiger partial charge on any atom is -0.370 e. The molecule has 96 valence electrons. The predicted octanol–water partition coefficient (Wildman–Crippen LogP) is 2.61. The molecule has 0 aliphatic rings. The van der Waals surface area contributed by atoms with Crippen LogP contribution in [0.15, 0.2) is 4.99 Å². The lowest BCUT2D eigenvalue weighted by molar-refractivity contribution is 0.477. The van der Waals surface area contributed by atoms with E-state index in [1.807, 2.05) is 0 Å². The normalized spacial score (nSPS) is 11.8. The molecule has 0 radical (unpaired) electrons. The minimum atomic E-state index is -0.325. The smallest absolute Gasteiger partial charge is 0.188 e. The Bertz CT molecular complexity index is 172. The zero-order chi connectivity index (χ0) is 12.1. The number of aliphatic imine (C=N–C) groups is 1. The van der Waals surface area contributed by atoms with Gasteiger partial charge in [0, 0.05) is 13.1 Å². The molecule has 0 fully saturated rings. The van der Waals surface area contributed by atoms with E-state index in [4.69, 9.17) is 5.73 Å². The van der Waals surface area contributed by atoms with Crippen LogP contribution < -0.4 is 11.1 Å². The lowest BCUT2D eigenvalue weighted by atomic mass is 10.1. The maximum absolute atomic E-state index is 11.8. The van der Waals surface area contributed by atoms with Crippen molar-refractivity contribution in [3.8, 4) is 0 Å². The van der Waals surface area contributed by atoms with Crippen LogP contribution in [-0.4, -0.2) is 25.7 Å². The molecule has 0 unspecified atom stereocenters. The zero-order valence-corrected chi connectivity index (χ0v) is 10.5. The van der Waals surface area contributed by atoms with Crippen LogP contribution in [0.3, 0.4) is 0 Å². The Morgan fingerprint density at radius 3 is 2.50 bits per heavy atom. The molecule has 0 aromatic carbocycles. The number of nitrogens with one attached hydrogen (secondary N) is 1. The summed E-state index contributed by atoms with van der Waals surface area (Å²) >= 11 is 0. The van der Waals surface area contributed by atoms with Gasteiger partial charge in [-0.1, -0.05) is 39.0 Å². The molecule has 3 nitrogen and oxygen atoms in total. The van der Waals surface area contributed by atoms with E-state index >= 15 is 0 Å². The van der Waals surface area contributed by atoms with Crippen molar-refractivity contribution >= 4 is 5.96 Å². The first-order chi connectivity index (χ1) is 7.81. The average Bonchev–Trinajstić information content (AvgIpc) is 2.28. The van der Waals surface area contributed by atoms with Crippen LogP contribution in [0.4, 0.5) is 4.39 Å². The molecular formula is C12H26FN3. The van der Waals surface area contributed by atoms with Crippen molar-refractivity contribution in [1.29, 1.82) is 0 Å². The van der Waals surface area contributed by atoms with Gasteiger partial charge < -0.3 is 11.1 Å². The highest BCUT2D eigenvalue weighted by atomic mass is 19.1. The second-order valence-corrected chi connectivity index (χ2v) is 4.00. The molecule has 4 heteroatoms. The molecule has 3 N–H and O–H groups in total. The molecule has 0 spiro atoms. The van der Waals surface area contributed by atoms with Crippen LogP contribution in [0.5, 0.6) is 0 Å². The van der Waals surface area contributed by atoms with E-state index in [9.17, 15) is 4.39 Å². The summed E-state index contributed by atoms with van der Waals surface area (Å²) in [5.74, 6) is 0.446. The first-order valence-corrected chi connectivity index (χ1v) is 6.41. The van der Waals surface area contributed by atoms with Crippen molar-refractivity contribution in [3.63, 3.8) is 0 Å². The van der Waals surface area contributed by atoms with E-state index in [0.717, 1.165) is 13.0 Å². The first-order valence-electron chi connectivity index (χ1n) is 6.41. The molecule has 0 saturated carbocycles. The maximum atomic E-state index is 11.8. The molecule has 0 aromatic rings. The van der Waals surface area contributed by atoms with Gasteiger partial charge in [0.05, 0.1) is 6.67 Å².